The zero-order valence-corrected chi connectivity index (χ0v) is 13.8. The van der Waals surface area contributed by atoms with Gasteiger partial charge in [-0.1, -0.05) is 0 Å². The van der Waals surface area contributed by atoms with Crippen molar-refractivity contribution in [2.75, 3.05) is 13.1 Å². The van der Waals surface area contributed by atoms with Crippen LogP contribution in [0.2, 0.25) is 0 Å². The number of aryl methyl sites for hydroxylation is 1. The van der Waals surface area contributed by atoms with Gasteiger partial charge >= 0.3 is 0 Å². The van der Waals surface area contributed by atoms with E-state index in [0.29, 0.717) is 6.04 Å². The molecule has 4 heterocycles. The Kier molecular flexibility index (Phi) is 3.36. The largest absolute Gasteiger partial charge is 0.330 e. The van der Waals surface area contributed by atoms with Gasteiger partial charge in [-0.3, -0.25) is 14.3 Å². The lowest BCUT2D eigenvalue weighted by molar-refractivity contribution is 0.310. The van der Waals surface area contributed by atoms with Gasteiger partial charge in [0.2, 0.25) is 0 Å². The van der Waals surface area contributed by atoms with Crippen LogP contribution >= 0.6 is 0 Å². The van der Waals surface area contributed by atoms with Crippen LogP contribution in [0.15, 0.2) is 31.1 Å². The molecular formula is C18H22N6. The highest BCUT2D eigenvalue weighted by molar-refractivity contribution is 5.36. The van der Waals surface area contributed by atoms with Gasteiger partial charge in [0, 0.05) is 43.8 Å². The van der Waals surface area contributed by atoms with E-state index in [1.54, 1.807) is 0 Å². The van der Waals surface area contributed by atoms with Crippen molar-refractivity contribution in [2.24, 2.45) is 0 Å². The average Bonchev–Trinajstić information content (AvgIpc) is 3.34. The van der Waals surface area contributed by atoms with Crippen molar-refractivity contribution < 1.29 is 0 Å². The molecule has 6 nitrogen and oxygen atoms in total. The van der Waals surface area contributed by atoms with E-state index in [1.165, 1.54) is 42.8 Å². The molecule has 124 valence electrons. The highest BCUT2D eigenvalue weighted by atomic mass is 15.2. The predicted molar refractivity (Wildman–Crippen MR) is 90.8 cm³/mol. The number of rotatable bonds is 3. The molecule has 1 saturated heterocycles. The van der Waals surface area contributed by atoms with Crippen molar-refractivity contribution in [1.29, 1.82) is 0 Å². The Morgan fingerprint density at radius 1 is 1.12 bits per heavy atom. The molecule has 1 aliphatic heterocycles. The lowest BCUT2D eigenvalue weighted by Crippen LogP contribution is -2.22. The van der Waals surface area contributed by atoms with Crippen molar-refractivity contribution in [1.82, 2.24) is 28.8 Å². The standard InChI is InChI=1S/C18H22N6/c1-2-4-17-16(3-1)21-13-24(17)14-5-7-22(11-14)12-15-9-20-18-10-19-6-8-23(15)18/h6,8-10,13-14H,1-5,7,11-12H2. The minimum Gasteiger partial charge on any atom is -0.330 e. The van der Waals surface area contributed by atoms with Crippen molar-refractivity contribution in [3.63, 3.8) is 0 Å². The normalized spacial score (nSPS) is 21.4. The number of hydrogen-bond donors (Lipinski definition) is 0. The second-order valence-electron chi connectivity index (χ2n) is 6.98. The van der Waals surface area contributed by atoms with E-state index in [1.807, 2.05) is 24.8 Å². The quantitative estimate of drug-likeness (QED) is 0.742. The van der Waals surface area contributed by atoms with Gasteiger partial charge in [0.05, 0.1) is 30.1 Å². The molecule has 1 unspecified atom stereocenters. The first-order valence-corrected chi connectivity index (χ1v) is 8.91. The van der Waals surface area contributed by atoms with Crippen LogP contribution < -0.4 is 0 Å². The van der Waals surface area contributed by atoms with Crippen LogP contribution in [0.4, 0.5) is 0 Å². The number of fused-ring (bicyclic) bond motifs is 2. The van der Waals surface area contributed by atoms with Gasteiger partial charge < -0.3 is 4.57 Å². The number of aromatic nitrogens is 5. The molecule has 1 fully saturated rings. The monoisotopic (exact) mass is 322 g/mol. The minimum atomic E-state index is 0.570. The van der Waals surface area contributed by atoms with E-state index in [4.69, 9.17) is 0 Å². The maximum Gasteiger partial charge on any atom is 0.155 e. The van der Waals surface area contributed by atoms with Gasteiger partial charge in [-0.2, -0.15) is 0 Å². The van der Waals surface area contributed by atoms with Crippen LogP contribution in [0.1, 0.15) is 42.4 Å². The fourth-order valence-electron chi connectivity index (χ4n) is 4.23. The van der Waals surface area contributed by atoms with E-state index in [0.717, 1.165) is 31.7 Å². The van der Waals surface area contributed by atoms with E-state index in [2.05, 4.69) is 35.1 Å². The highest BCUT2D eigenvalue weighted by Crippen LogP contribution is 2.28. The molecule has 3 aromatic heterocycles. The first kappa shape index (κ1) is 14.2. The van der Waals surface area contributed by atoms with Gasteiger partial charge in [0.15, 0.2) is 5.65 Å². The molecule has 0 bridgehead atoms. The average molecular weight is 322 g/mol. The molecule has 5 rings (SSSR count). The van der Waals surface area contributed by atoms with Crippen LogP contribution in [0, 0.1) is 0 Å². The molecular weight excluding hydrogens is 300 g/mol. The highest BCUT2D eigenvalue weighted by Gasteiger charge is 2.27. The summed E-state index contributed by atoms with van der Waals surface area (Å²) in [6.45, 7) is 3.18. The third-order valence-electron chi connectivity index (χ3n) is 5.48. The van der Waals surface area contributed by atoms with Gasteiger partial charge in [-0.15, -0.1) is 0 Å². The Hall–Kier alpha value is -2.21. The number of likely N-dealkylation sites (tertiary alicyclic amines) is 1. The molecule has 0 radical (unpaired) electrons. The van der Waals surface area contributed by atoms with Crippen molar-refractivity contribution in [3.05, 3.63) is 48.2 Å². The summed E-state index contributed by atoms with van der Waals surface area (Å²) >= 11 is 0. The smallest absolute Gasteiger partial charge is 0.155 e. The SMILES string of the molecule is c1cn2c(CN3CCC(n4cnc5c4CCCC5)C3)cnc2cn1. The molecule has 24 heavy (non-hydrogen) atoms. The van der Waals surface area contributed by atoms with Crippen LogP contribution in [0.3, 0.4) is 0 Å². The Balaban J connectivity index is 1.33. The minimum absolute atomic E-state index is 0.570. The molecule has 0 N–H and O–H groups in total. The Morgan fingerprint density at radius 2 is 2.08 bits per heavy atom. The van der Waals surface area contributed by atoms with Gasteiger partial charge in [-0.05, 0) is 32.1 Å². The molecule has 6 heteroatoms. The summed E-state index contributed by atoms with van der Waals surface area (Å²) in [6.07, 6.45) is 15.9. The molecule has 3 aromatic rings. The van der Waals surface area contributed by atoms with E-state index in [-0.39, 0.29) is 0 Å². The summed E-state index contributed by atoms with van der Waals surface area (Å²) in [5, 5.41) is 0. The van der Waals surface area contributed by atoms with Gasteiger partial charge in [-0.25, -0.2) is 9.97 Å². The van der Waals surface area contributed by atoms with Crippen molar-refractivity contribution >= 4 is 5.65 Å². The van der Waals surface area contributed by atoms with E-state index in [9.17, 15) is 0 Å². The molecule has 1 aliphatic carbocycles. The van der Waals surface area contributed by atoms with Crippen LogP contribution in [0.5, 0.6) is 0 Å². The third kappa shape index (κ3) is 2.33. The summed E-state index contributed by atoms with van der Waals surface area (Å²) in [4.78, 5) is 15.8. The van der Waals surface area contributed by atoms with Crippen LogP contribution in [-0.2, 0) is 19.4 Å². The lowest BCUT2D eigenvalue weighted by atomic mass is 10.0. The molecule has 0 spiro atoms. The predicted octanol–water partition coefficient (Wildman–Crippen LogP) is 2.25. The van der Waals surface area contributed by atoms with E-state index < -0.39 is 0 Å². The lowest BCUT2D eigenvalue weighted by Gasteiger charge is -2.20. The summed E-state index contributed by atoms with van der Waals surface area (Å²) in [6, 6.07) is 0.570. The van der Waals surface area contributed by atoms with E-state index >= 15 is 0 Å². The topological polar surface area (TPSA) is 51.2 Å². The molecule has 0 aromatic carbocycles. The fraction of sp³-hybridized carbons (Fsp3) is 0.500. The summed E-state index contributed by atoms with van der Waals surface area (Å²) in [5.74, 6) is 0. The second-order valence-corrected chi connectivity index (χ2v) is 6.98. The molecule has 2 aliphatic rings. The van der Waals surface area contributed by atoms with Gasteiger partial charge in [0.25, 0.3) is 0 Å². The summed E-state index contributed by atoms with van der Waals surface area (Å²) in [7, 11) is 0. The zero-order valence-electron chi connectivity index (χ0n) is 13.8. The maximum absolute atomic E-state index is 4.67. The Morgan fingerprint density at radius 3 is 3.08 bits per heavy atom. The molecule has 0 amide bonds. The van der Waals surface area contributed by atoms with Crippen LogP contribution in [0.25, 0.3) is 5.65 Å². The first-order chi connectivity index (χ1) is 11.9. The number of nitrogens with zero attached hydrogens (tertiary/aromatic N) is 6. The van der Waals surface area contributed by atoms with Crippen LogP contribution in [-0.4, -0.2) is 41.9 Å². The summed E-state index contributed by atoms with van der Waals surface area (Å²) in [5.41, 5.74) is 5.00. The van der Waals surface area contributed by atoms with Gasteiger partial charge in [0.1, 0.15) is 0 Å². The third-order valence-corrected chi connectivity index (χ3v) is 5.48. The first-order valence-electron chi connectivity index (χ1n) is 8.91. The number of hydrogen-bond acceptors (Lipinski definition) is 4. The maximum atomic E-state index is 4.67. The molecule has 0 saturated carbocycles. The Bertz CT molecular complexity index is 863. The second kappa shape index (κ2) is 5.70. The fourth-order valence-corrected chi connectivity index (χ4v) is 4.23. The summed E-state index contributed by atoms with van der Waals surface area (Å²) < 4.78 is 4.60. The molecule has 1 atom stereocenters. The zero-order chi connectivity index (χ0) is 15.9. The number of imidazole rings is 2. The van der Waals surface area contributed by atoms with Crippen molar-refractivity contribution in [2.45, 2.75) is 44.7 Å². The Labute approximate surface area is 141 Å². The van der Waals surface area contributed by atoms with Crippen molar-refractivity contribution in [3.8, 4) is 0 Å².